The third-order valence-electron chi connectivity index (χ3n) is 5.16. The molecule has 0 unspecified atom stereocenters. The van der Waals surface area contributed by atoms with E-state index >= 15 is 0 Å². The van der Waals surface area contributed by atoms with Crippen molar-refractivity contribution in [1.29, 1.82) is 0 Å². The summed E-state index contributed by atoms with van der Waals surface area (Å²) in [6.07, 6.45) is 10.9. The van der Waals surface area contributed by atoms with Crippen LogP contribution < -0.4 is 4.90 Å². The number of carbonyl (C=O) groups excluding carboxylic acids is 1. The van der Waals surface area contributed by atoms with Gasteiger partial charge in [-0.05, 0) is 65.6 Å². The largest absolute Gasteiger partial charge is 0.330 e. The van der Waals surface area contributed by atoms with Crippen LogP contribution in [-0.4, -0.2) is 60.1 Å². The van der Waals surface area contributed by atoms with Crippen LogP contribution in [0.1, 0.15) is 71.8 Å². The molecule has 1 rings (SSSR count). The first-order valence-corrected chi connectivity index (χ1v) is 10.9. The predicted molar refractivity (Wildman–Crippen MR) is 141 cm³/mol. The van der Waals surface area contributed by atoms with Crippen molar-refractivity contribution in [1.82, 2.24) is 14.8 Å². The van der Waals surface area contributed by atoms with Crippen molar-refractivity contribution in [2.24, 2.45) is 0 Å². The Morgan fingerprint density at radius 3 is 1.83 bits per heavy atom. The van der Waals surface area contributed by atoms with Gasteiger partial charge in [-0.3, -0.25) is 14.8 Å². The summed E-state index contributed by atoms with van der Waals surface area (Å²) in [5.74, 6) is 0. The van der Waals surface area contributed by atoms with Crippen molar-refractivity contribution < 1.29 is 4.79 Å². The molecule has 1 aromatic heterocycles. The molecule has 0 bridgehead atoms. The molecule has 0 saturated heterocycles. The topological polar surface area (TPSA) is 39.7 Å². The highest BCUT2D eigenvalue weighted by atomic mass is 79.9. The molecule has 0 aliphatic heterocycles. The second-order valence-electron chi connectivity index (χ2n) is 8.60. The van der Waals surface area contributed by atoms with Gasteiger partial charge in [-0.1, -0.05) is 25.7 Å². The van der Waals surface area contributed by atoms with E-state index in [0.29, 0.717) is 12.1 Å². The summed E-state index contributed by atoms with van der Waals surface area (Å²) in [6.45, 7) is 13.1. The van der Waals surface area contributed by atoms with E-state index < -0.39 is 0 Å². The number of nitrogens with zero attached hydrogens (tertiary/aromatic N) is 4. The number of aryl methyl sites for hydroxylation is 1. The molecule has 7 heteroatoms. The number of pyridine rings is 1. The van der Waals surface area contributed by atoms with Crippen LogP contribution in [-0.2, 0) is 0 Å². The summed E-state index contributed by atoms with van der Waals surface area (Å²) < 4.78 is 0. The standard InChI is InChI=1S/C23H42N4O.2BrH/c1-19(2)26(20(3)4)14-12-10-8-9-11-13-15-27(23(28)25(6)7)22-16-21(5)17-24-18-22;;/h16-20H,8-15H2,1-7H3;2*1H. The minimum atomic E-state index is 0. The Labute approximate surface area is 206 Å². The maximum atomic E-state index is 12.6. The number of rotatable bonds is 12. The number of halogens is 2. The maximum absolute atomic E-state index is 12.6. The van der Waals surface area contributed by atoms with E-state index in [2.05, 4.69) is 37.6 Å². The fraction of sp³-hybridized carbons (Fsp3) is 0.739. The number of carbonyl (C=O) groups is 1. The summed E-state index contributed by atoms with van der Waals surface area (Å²) in [5, 5.41) is 0. The lowest BCUT2D eigenvalue weighted by Gasteiger charge is -2.30. The quantitative estimate of drug-likeness (QED) is 0.278. The molecule has 0 aromatic carbocycles. The van der Waals surface area contributed by atoms with Crippen LogP contribution in [0.4, 0.5) is 10.5 Å². The fourth-order valence-corrected chi connectivity index (χ4v) is 3.65. The number of anilines is 1. The molecular weight excluding hydrogens is 508 g/mol. The van der Waals surface area contributed by atoms with Crippen molar-refractivity contribution in [2.45, 2.75) is 85.2 Å². The van der Waals surface area contributed by atoms with E-state index in [1.165, 1.54) is 32.2 Å². The van der Waals surface area contributed by atoms with Gasteiger partial charge in [0, 0.05) is 38.9 Å². The number of hydrogen-bond acceptors (Lipinski definition) is 3. The molecule has 1 aromatic rings. The summed E-state index contributed by atoms with van der Waals surface area (Å²) in [6, 6.07) is 3.30. The van der Waals surface area contributed by atoms with Crippen molar-refractivity contribution in [2.75, 3.05) is 32.1 Å². The molecule has 1 heterocycles. The van der Waals surface area contributed by atoms with Crippen LogP contribution >= 0.6 is 34.0 Å². The highest BCUT2D eigenvalue weighted by Gasteiger charge is 2.17. The van der Waals surface area contributed by atoms with Crippen LogP contribution in [0.3, 0.4) is 0 Å². The van der Waals surface area contributed by atoms with Gasteiger partial charge in [0.05, 0.1) is 11.9 Å². The first-order chi connectivity index (χ1) is 13.2. The average Bonchev–Trinajstić information content (AvgIpc) is 2.62. The maximum Gasteiger partial charge on any atom is 0.324 e. The molecule has 30 heavy (non-hydrogen) atoms. The van der Waals surface area contributed by atoms with Gasteiger partial charge in [0.2, 0.25) is 0 Å². The molecule has 0 spiro atoms. The highest BCUT2D eigenvalue weighted by molar-refractivity contribution is 8.93. The van der Waals surface area contributed by atoms with Crippen LogP contribution in [0.2, 0.25) is 0 Å². The van der Waals surface area contributed by atoms with Gasteiger partial charge >= 0.3 is 6.03 Å². The Kier molecular flexibility index (Phi) is 17.8. The third-order valence-corrected chi connectivity index (χ3v) is 5.16. The van der Waals surface area contributed by atoms with E-state index in [9.17, 15) is 4.79 Å². The molecule has 0 atom stereocenters. The normalized spacial score (nSPS) is 10.7. The minimum absolute atomic E-state index is 0. The van der Waals surface area contributed by atoms with Crippen molar-refractivity contribution in [3.8, 4) is 0 Å². The fourth-order valence-electron chi connectivity index (χ4n) is 3.65. The van der Waals surface area contributed by atoms with E-state index in [1.54, 1.807) is 25.2 Å². The molecule has 5 nitrogen and oxygen atoms in total. The van der Waals surface area contributed by atoms with Gasteiger partial charge < -0.3 is 4.90 Å². The molecule has 0 aliphatic rings. The molecule has 0 radical (unpaired) electrons. The van der Waals surface area contributed by atoms with Crippen LogP contribution in [0.5, 0.6) is 0 Å². The van der Waals surface area contributed by atoms with Crippen LogP contribution in [0.15, 0.2) is 18.5 Å². The molecular formula is C23H44Br2N4O. The number of unbranched alkanes of at least 4 members (excludes halogenated alkanes) is 5. The number of urea groups is 1. The van der Waals surface area contributed by atoms with E-state index in [1.807, 2.05) is 24.1 Å². The van der Waals surface area contributed by atoms with Gasteiger partial charge in [0.15, 0.2) is 0 Å². The number of aromatic nitrogens is 1. The SMILES string of the molecule is Br.Br.Cc1cncc(N(CCCCCCCCN(C(C)C)C(C)C)C(=O)N(C)C)c1. The van der Waals surface area contributed by atoms with Gasteiger partial charge in [-0.25, -0.2) is 4.79 Å². The molecule has 2 amide bonds. The average molecular weight is 552 g/mol. The van der Waals surface area contributed by atoms with E-state index in [0.717, 1.165) is 30.6 Å². The second kappa shape index (κ2) is 17.0. The second-order valence-corrected chi connectivity index (χ2v) is 8.60. The first kappa shape index (κ1) is 31.5. The lowest BCUT2D eigenvalue weighted by atomic mass is 10.1. The summed E-state index contributed by atoms with van der Waals surface area (Å²) in [5.41, 5.74) is 1.96. The third kappa shape index (κ3) is 11.7. The summed E-state index contributed by atoms with van der Waals surface area (Å²) in [7, 11) is 3.60. The van der Waals surface area contributed by atoms with Crippen LogP contribution in [0, 0.1) is 6.92 Å². The summed E-state index contributed by atoms with van der Waals surface area (Å²) >= 11 is 0. The lowest BCUT2D eigenvalue weighted by molar-refractivity contribution is 0.171. The molecule has 0 saturated carbocycles. The molecule has 0 fully saturated rings. The minimum Gasteiger partial charge on any atom is -0.330 e. The van der Waals surface area contributed by atoms with E-state index in [-0.39, 0.29) is 40.0 Å². The van der Waals surface area contributed by atoms with Crippen molar-refractivity contribution >= 4 is 45.7 Å². The first-order valence-electron chi connectivity index (χ1n) is 10.9. The highest BCUT2D eigenvalue weighted by Crippen LogP contribution is 2.17. The van der Waals surface area contributed by atoms with Crippen molar-refractivity contribution in [3.05, 3.63) is 24.0 Å². The predicted octanol–water partition coefficient (Wildman–Crippen LogP) is 6.49. The Balaban J connectivity index is 0. The van der Waals surface area contributed by atoms with Gasteiger partial charge in [-0.15, -0.1) is 34.0 Å². The summed E-state index contributed by atoms with van der Waals surface area (Å²) in [4.78, 5) is 22.9. The molecule has 0 aliphatic carbocycles. The zero-order chi connectivity index (χ0) is 21.1. The lowest BCUT2D eigenvalue weighted by Crippen LogP contribution is -2.40. The molecule has 176 valence electrons. The Bertz CT molecular complexity index is 574. The van der Waals surface area contributed by atoms with Gasteiger partial charge in [0.1, 0.15) is 0 Å². The Hall–Kier alpha value is -0.660. The zero-order valence-electron chi connectivity index (χ0n) is 20.1. The van der Waals surface area contributed by atoms with Crippen molar-refractivity contribution in [3.63, 3.8) is 0 Å². The van der Waals surface area contributed by atoms with E-state index in [4.69, 9.17) is 0 Å². The van der Waals surface area contributed by atoms with Crippen LogP contribution in [0.25, 0.3) is 0 Å². The Morgan fingerprint density at radius 1 is 0.867 bits per heavy atom. The molecule has 0 N–H and O–H groups in total. The number of hydrogen-bond donors (Lipinski definition) is 0. The monoisotopic (exact) mass is 550 g/mol. The smallest absolute Gasteiger partial charge is 0.324 e. The van der Waals surface area contributed by atoms with Gasteiger partial charge in [0.25, 0.3) is 0 Å². The van der Waals surface area contributed by atoms with Gasteiger partial charge in [-0.2, -0.15) is 0 Å². The number of amides is 2. The zero-order valence-corrected chi connectivity index (χ0v) is 23.5. The Morgan fingerprint density at radius 2 is 1.37 bits per heavy atom.